The number of urea groups is 1. The van der Waals surface area contributed by atoms with Crippen molar-refractivity contribution in [3.8, 4) is 0 Å². The Morgan fingerprint density at radius 3 is 2.80 bits per heavy atom. The zero-order valence-corrected chi connectivity index (χ0v) is 14.2. The Labute approximate surface area is 147 Å². The summed E-state index contributed by atoms with van der Waals surface area (Å²) in [5.74, 6) is 0.134. The second-order valence-corrected chi connectivity index (χ2v) is 5.75. The summed E-state index contributed by atoms with van der Waals surface area (Å²) < 4.78 is 39.8. The van der Waals surface area contributed by atoms with E-state index in [4.69, 9.17) is 11.6 Å². The number of amides is 2. The highest BCUT2D eigenvalue weighted by atomic mass is 35.5. The van der Waals surface area contributed by atoms with Gasteiger partial charge in [0.25, 0.3) is 0 Å². The summed E-state index contributed by atoms with van der Waals surface area (Å²) in [4.78, 5) is 11.9. The average molecular weight is 376 g/mol. The Bertz CT molecular complexity index is 774. The van der Waals surface area contributed by atoms with Crippen LogP contribution in [0.15, 0.2) is 24.9 Å². The molecule has 0 aliphatic rings. The number of carbonyl (C=O) groups excluding carboxylic acids is 1. The van der Waals surface area contributed by atoms with E-state index in [1.54, 1.807) is 6.08 Å². The summed E-state index contributed by atoms with van der Waals surface area (Å²) in [6.45, 7) is 5.43. The third-order valence-corrected chi connectivity index (χ3v) is 3.82. The minimum Gasteiger partial charge on any atom is -0.335 e. The van der Waals surface area contributed by atoms with E-state index in [2.05, 4.69) is 27.4 Å². The first-order chi connectivity index (χ1) is 11.8. The number of nitrogens with zero attached hydrogens (tertiary/aromatic N) is 3. The van der Waals surface area contributed by atoms with Crippen molar-refractivity contribution >= 4 is 23.3 Å². The van der Waals surface area contributed by atoms with Crippen molar-refractivity contribution in [3.63, 3.8) is 0 Å². The largest absolute Gasteiger partial charge is 0.417 e. The number of alkyl halides is 3. The van der Waals surface area contributed by atoms with Gasteiger partial charge in [-0.3, -0.25) is 4.40 Å². The van der Waals surface area contributed by atoms with E-state index < -0.39 is 17.8 Å². The Morgan fingerprint density at radius 1 is 1.48 bits per heavy atom. The molecule has 136 valence electrons. The number of fused-ring (bicyclic) bond motifs is 1. The standard InChI is InChI=1S/C15H17ClF3N5O/c1-3-5-10(4-2)21-14(25)20-7-12-22-23-13-11(16)6-9(8-24(12)13)15(17,18)19/h3,6,8,10H,1,4-5,7H2,2H3,(H2,20,21,25). The highest BCUT2D eigenvalue weighted by molar-refractivity contribution is 6.33. The first-order valence-corrected chi connectivity index (χ1v) is 7.89. The second-order valence-electron chi connectivity index (χ2n) is 5.34. The van der Waals surface area contributed by atoms with Crippen molar-refractivity contribution in [1.29, 1.82) is 0 Å². The maximum atomic E-state index is 12.9. The van der Waals surface area contributed by atoms with Crippen molar-refractivity contribution < 1.29 is 18.0 Å². The molecule has 2 aromatic heterocycles. The summed E-state index contributed by atoms with van der Waals surface area (Å²) in [7, 11) is 0. The molecule has 0 saturated carbocycles. The van der Waals surface area contributed by atoms with Gasteiger partial charge in [-0.15, -0.1) is 16.8 Å². The maximum absolute atomic E-state index is 12.9. The Hall–Kier alpha value is -2.29. The molecule has 25 heavy (non-hydrogen) atoms. The minimum absolute atomic E-state index is 0.0704. The number of carbonyl (C=O) groups is 1. The van der Waals surface area contributed by atoms with Gasteiger partial charge in [0.1, 0.15) is 0 Å². The third-order valence-electron chi connectivity index (χ3n) is 3.54. The van der Waals surface area contributed by atoms with Crippen LogP contribution in [0.5, 0.6) is 0 Å². The molecule has 0 saturated heterocycles. The number of pyridine rings is 1. The van der Waals surface area contributed by atoms with Crippen LogP contribution in [-0.4, -0.2) is 26.7 Å². The molecule has 1 atom stereocenters. The van der Waals surface area contributed by atoms with Crippen LogP contribution in [0.2, 0.25) is 5.02 Å². The lowest BCUT2D eigenvalue weighted by Crippen LogP contribution is -2.41. The molecule has 1 unspecified atom stereocenters. The lowest BCUT2D eigenvalue weighted by Gasteiger charge is -2.15. The van der Waals surface area contributed by atoms with Gasteiger partial charge in [-0.05, 0) is 18.9 Å². The van der Waals surface area contributed by atoms with Crippen LogP contribution < -0.4 is 10.6 Å². The SMILES string of the molecule is C=CCC(CC)NC(=O)NCc1nnc2c(Cl)cc(C(F)(F)F)cn12. The highest BCUT2D eigenvalue weighted by Gasteiger charge is 2.32. The molecule has 10 heteroatoms. The van der Waals surface area contributed by atoms with Crippen molar-refractivity contribution in [3.05, 3.63) is 41.3 Å². The van der Waals surface area contributed by atoms with E-state index in [0.717, 1.165) is 23.1 Å². The van der Waals surface area contributed by atoms with Crippen LogP contribution in [0.4, 0.5) is 18.0 Å². The molecule has 2 heterocycles. The van der Waals surface area contributed by atoms with E-state index >= 15 is 0 Å². The fourth-order valence-electron chi connectivity index (χ4n) is 2.20. The lowest BCUT2D eigenvalue weighted by molar-refractivity contribution is -0.137. The molecule has 6 nitrogen and oxygen atoms in total. The minimum atomic E-state index is -4.55. The van der Waals surface area contributed by atoms with Crippen LogP contribution >= 0.6 is 11.6 Å². The Balaban J connectivity index is 2.15. The number of hydrogen-bond donors (Lipinski definition) is 2. The van der Waals surface area contributed by atoms with Crippen LogP contribution in [0.3, 0.4) is 0 Å². The summed E-state index contributed by atoms with van der Waals surface area (Å²) in [6.07, 6.45) is -0.673. The van der Waals surface area contributed by atoms with Gasteiger partial charge < -0.3 is 10.6 Å². The van der Waals surface area contributed by atoms with Gasteiger partial charge >= 0.3 is 12.2 Å². The predicted molar refractivity (Wildman–Crippen MR) is 87.3 cm³/mol. The van der Waals surface area contributed by atoms with Crippen LogP contribution in [0, 0.1) is 0 Å². The van der Waals surface area contributed by atoms with Crippen LogP contribution in [-0.2, 0) is 12.7 Å². The van der Waals surface area contributed by atoms with Crippen molar-refractivity contribution in [1.82, 2.24) is 25.2 Å². The highest BCUT2D eigenvalue weighted by Crippen LogP contribution is 2.32. The zero-order valence-electron chi connectivity index (χ0n) is 13.4. The molecule has 0 aliphatic carbocycles. The number of aromatic nitrogens is 3. The fraction of sp³-hybridized carbons (Fsp3) is 0.400. The van der Waals surface area contributed by atoms with Gasteiger partial charge in [-0.1, -0.05) is 24.6 Å². The van der Waals surface area contributed by atoms with E-state index in [1.807, 2.05) is 6.92 Å². The number of nitrogens with one attached hydrogen (secondary N) is 2. The monoisotopic (exact) mass is 375 g/mol. The van der Waals surface area contributed by atoms with Crippen LogP contribution in [0.1, 0.15) is 31.2 Å². The molecular weight excluding hydrogens is 359 g/mol. The molecule has 0 aliphatic heterocycles. The summed E-state index contributed by atoms with van der Waals surface area (Å²) >= 11 is 5.83. The van der Waals surface area contributed by atoms with Gasteiger partial charge in [0.2, 0.25) is 0 Å². The second kappa shape index (κ2) is 7.73. The molecule has 0 fully saturated rings. The van der Waals surface area contributed by atoms with Crippen molar-refractivity contribution in [2.75, 3.05) is 0 Å². The smallest absolute Gasteiger partial charge is 0.335 e. The number of hydrogen-bond acceptors (Lipinski definition) is 3. The number of rotatable bonds is 6. The Morgan fingerprint density at radius 2 is 2.20 bits per heavy atom. The summed E-state index contributed by atoms with van der Waals surface area (Å²) in [5, 5.41) is 12.7. The van der Waals surface area contributed by atoms with Gasteiger partial charge in [0.05, 0.1) is 17.1 Å². The number of halogens is 4. The topological polar surface area (TPSA) is 71.3 Å². The normalized spacial score (nSPS) is 12.8. The maximum Gasteiger partial charge on any atom is 0.417 e. The van der Waals surface area contributed by atoms with E-state index in [1.165, 1.54) is 0 Å². The summed E-state index contributed by atoms with van der Waals surface area (Å²) in [6, 6.07) is 0.263. The molecule has 0 aromatic carbocycles. The Kier molecular flexibility index (Phi) is 5.89. The average Bonchev–Trinajstić information content (AvgIpc) is 2.95. The fourth-order valence-corrected chi connectivity index (χ4v) is 2.45. The van der Waals surface area contributed by atoms with Gasteiger partial charge in [-0.2, -0.15) is 13.2 Å². The quantitative estimate of drug-likeness (QED) is 0.758. The first kappa shape index (κ1) is 19.0. The summed E-state index contributed by atoms with van der Waals surface area (Å²) in [5.41, 5.74) is -0.836. The van der Waals surface area contributed by atoms with Gasteiger partial charge in [0, 0.05) is 12.2 Å². The molecule has 0 bridgehead atoms. The van der Waals surface area contributed by atoms with Gasteiger partial charge in [-0.25, -0.2) is 4.79 Å². The van der Waals surface area contributed by atoms with E-state index in [-0.39, 0.29) is 29.1 Å². The van der Waals surface area contributed by atoms with E-state index in [9.17, 15) is 18.0 Å². The lowest BCUT2D eigenvalue weighted by atomic mass is 10.1. The molecule has 2 aromatic rings. The van der Waals surface area contributed by atoms with E-state index in [0.29, 0.717) is 6.42 Å². The van der Waals surface area contributed by atoms with Crippen LogP contribution in [0.25, 0.3) is 5.65 Å². The molecule has 2 N–H and O–H groups in total. The third kappa shape index (κ3) is 4.62. The van der Waals surface area contributed by atoms with Crippen molar-refractivity contribution in [2.24, 2.45) is 0 Å². The first-order valence-electron chi connectivity index (χ1n) is 7.51. The predicted octanol–water partition coefficient (Wildman–Crippen LogP) is 3.56. The molecular formula is C15H17ClF3N5O. The van der Waals surface area contributed by atoms with Crippen molar-refractivity contribution in [2.45, 2.75) is 38.5 Å². The van der Waals surface area contributed by atoms with Gasteiger partial charge in [0.15, 0.2) is 11.5 Å². The molecule has 0 radical (unpaired) electrons. The molecule has 0 spiro atoms. The molecule has 2 rings (SSSR count). The zero-order chi connectivity index (χ0) is 18.6. The molecule has 2 amide bonds.